The molecule has 0 bridgehead atoms. The molecule has 33 heavy (non-hydrogen) atoms. The molecule has 1 N–H and O–H groups in total. The van der Waals surface area contributed by atoms with Gasteiger partial charge in [0.05, 0.1) is 45.5 Å². The molecule has 0 atom stereocenters. The zero-order chi connectivity index (χ0) is 23.4. The number of aromatic nitrogens is 6. The Morgan fingerprint density at radius 2 is 1.85 bits per heavy atom. The Morgan fingerprint density at radius 3 is 2.55 bits per heavy atom. The molecule has 0 radical (unpaired) electrons. The topological polar surface area (TPSA) is 82.6 Å². The Bertz CT molecular complexity index is 1610. The third-order valence-electron chi connectivity index (χ3n) is 6.12. The highest BCUT2D eigenvalue weighted by Gasteiger charge is 2.21. The molecule has 0 aliphatic rings. The van der Waals surface area contributed by atoms with Gasteiger partial charge >= 0.3 is 5.69 Å². The van der Waals surface area contributed by atoms with Gasteiger partial charge < -0.3 is 5.32 Å². The first-order valence-electron chi connectivity index (χ1n) is 10.7. The minimum atomic E-state index is -0.133. The van der Waals surface area contributed by atoms with Crippen LogP contribution in [0.3, 0.4) is 0 Å². The Hall–Kier alpha value is -3.65. The molecule has 5 aromatic rings. The molecule has 0 unspecified atom stereocenters. The molecule has 4 aromatic heterocycles. The standard InChI is InChI=1S/C24H24ClN7O/c1-6-26-19-10-16(11-28-23(19)25)15-7-8-18-17(9-15)22-20(12-27-18)30(4)24(33)32(22)21-13(2)29-31(5)14(21)3/h7-12,26H,6H2,1-5H3. The van der Waals surface area contributed by atoms with E-state index in [-0.39, 0.29) is 5.69 Å². The van der Waals surface area contributed by atoms with E-state index < -0.39 is 0 Å². The third kappa shape index (κ3) is 3.21. The number of nitrogens with one attached hydrogen (secondary N) is 1. The van der Waals surface area contributed by atoms with Crippen molar-refractivity contribution in [1.82, 2.24) is 28.9 Å². The van der Waals surface area contributed by atoms with Gasteiger partial charge in [0, 0.05) is 37.8 Å². The van der Waals surface area contributed by atoms with Crippen LogP contribution in [-0.2, 0) is 14.1 Å². The second-order valence-corrected chi connectivity index (χ2v) is 8.49. The fourth-order valence-corrected chi connectivity index (χ4v) is 4.56. The monoisotopic (exact) mass is 461 g/mol. The Kier molecular flexibility index (Phi) is 4.97. The van der Waals surface area contributed by atoms with E-state index >= 15 is 0 Å². The molecule has 0 spiro atoms. The average Bonchev–Trinajstić information content (AvgIpc) is 3.20. The van der Waals surface area contributed by atoms with E-state index in [1.54, 1.807) is 33.3 Å². The van der Waals surface area contributed by atoms with Gasteiger partial charge in [-0.05, 0) is 44.5 Å². The number of hydrogen-bond donors (Lipinski definition) is 1. The van der Waals surface area contributed by atoms with Crippen molar-refractivity contribution in [2.75, 3.05) is 11.9 Å². The number of imidazole rings is 1. The number of rotatable bonds is 4. The van der Waals surface area contributed by atoms with Crippen LogP contribution in [0.2, 0.25) is 5.15 Å². The van der Waals surface area contributed by atoms with Gasteiger partial charge in [-0.1, -0.05) is 17.7 Å². The molecule has 1 aromatic carbocycles. The fraction of sp³-hybridized carbons (Fsp3) is 0.250. The van der Waals surface area contributed by atoms with Gasteiger partial charge in [0.25, 0.3) is 0 Å². The van der Waals surface area contributed by atoms with Crippen LogP contribution >= 0.6 is 11.6 Å². The van der Waals surface area contributed by atoms with Crippen molar-refractivity contribution in [2.24, 2.45) is 14.1 Å². The highest BCUT2D eigenvalue weighted by Crippen LogP contribution is 2.32. The molecular weight excluding hydrogens is 438 g/mol. The van der Waals surface area contributed by atoms with Crippen LogP contribution in [-0.4, -0.2) is 35.4 Å². The van der Waals surface area contributed by atoms with Crippen molar-refractivity contribution < 1.29 is 0 Å². The molecule has 8 nitrogen and oxygen atoms in total. The van der Waals surface area contributed by atoms with Gasteiger partial charge in [0.1, 0.15) is 0 Å². The van der Waals surface area contributed by atoms with Crippen molar-refractivity contribution in [1.29, 1.82) is 0 Å². The van der Waals surface area contributed by atoms with Crippen LogP contribution in [0.25, 0.3) is 38.8 Å². The third-order valence-corrected chi connectivity index (χ3v) is 6.42. The molecule has 0 fully saturated rings. The van der Waals surface area contributed by atoms with Crippen LogP contribution in [0.5, 0.6) is 0 Å². The van der Waals surface area contributed by atoms with Crippen LogP contribution in [0.4, 0.5) is 5.69 Å². The van der Waals surface area contributed by atoms with Crippen LogP contribution in [0.1, 0.15) is 18.3 Å². The zero-order valence-corrected chi connectivity index (χ0v) is 19.9. The molecule has 4 heterocycles. The SMILES string of the molecule is CCNc1cc(-c2ccc3ncc4c(c3c2)n(-c2c(C)nn(C)c2C)c(=O)n4C)cnc1Cl. The van der Waals surface area contributed by atoms with Gasteiger partial charge in [-0.25, -0.2) is 9.78 Å². The van der Waals surface area contributed by atoms with Gasteiger partial charge in [-0.3, -0.25) is 18.8 Å². The summed E-state index contributed by atoms with van der Waals surface area (Å²) in [6, 6.07) is 8.02. The lowest BCUT2D eigenvalue weighted by Crippen LogP contribution is -2.21. The quantitative estimate of drug-likeness (QED) is 0.402. The van der Waals surface area contributed by atoms with E-state index in [1.807, 2.05) is 46.0 Å². The number of nitrogens with zero attached hydrogens (tertiary/aromatic N) is 6. The minimum Gasteiger partial charge on any atom is -0.383 e. The van der Waals surface area contributed by atoms with Crippen LogP contribution < -0.4 is 11.0 Å². The van der Waals surface area contributed by atoms with E-state index in [1.165, 1.54) is 0 Å². The molecular formula is C24H24ClN7O. The maximum absolute atomic E-state index is 13.4. The number of halogens is 1. The summed E-state index contributed by atoms with van der Waals surface area (Å²) < 4.78 is 5.19. The van der Waals surface area contributed by atoms with E-state index in [4.69, 9.17) is 11.6 Å². The first-order chi connectivity index (χ1) is 15.8. The molecule has 0 saturated carbocycles. The Balaban J connectivity index is 1.84. The first kappa shape index (κ1) is 21.2. The van der Waals surface area contributed by atoms with Crippen molar-refractivity contribution >= 4 is 39.2 Å². The van der Waals surface area contributed by atoms with Gasteiger partial charge in [-0.2, -0.15) is 5.10 Å². The van der Waals surface area contributed by atoms with E-state index in [2.05, 4.69) is 26.4 Å². The highest BCUT2D eigenvalue weighted by atomic mass is 35.5. The molecule has 0 aliphatic carbocycles. The lowest BCUT2D eigenvalue weighted by Gasteiger charge is -2.10. The predicted molar refractivity (Wildman–Crippen MR) is 132 cm³/mol. The Labute approximate surface area is 195 Å². The lowest BCUT2D eigenvalue weighted by molar-refractivity contribution is 0.730. The molecule has 0 aliphatic heterocycles. The number of aryl methyl sites for hydroxylation is 3. The highest BCUT2D eigenvalue weighted by molar-refractivity contribution is 6.32. The van der Waals surface area contributed by atoms with Gasteiger partial charge in [0.2, 0.25) is 0 Å². The second kappa shape index (κ2) is 7.74. The number of benzene rings is 1. The smallest absolute Gasteiger partial charge is 0.333 e. The number of anilines is 1. The zero-order valence-electron chi connectivity index (χ0n) is 19.1. The maximum Gasteiger partial charge on any atom is 0.333 e. The van der Waals surface area contributed by atoms with Gasteiger partial charge in [0.15, 0.2) is 5.15 Å². The van der Waals surface area contributed by atoms with E-state index in [0.717, 1.165) is 62.4 Å². The van der Waals surface area contributed by atoms with Crippen molar-refractivity contribution in [3.8, 4) is 16.8 Å². The normalized spacial score (nSPS) is 11.6. The molecule has 0 saturated heterocycles. The van der Waals surface area contributed by atoms with Crippen LogP contribution in [0, 0.1) is 13.8 Å². The van der Waals surface area contributed by atoms with Crippen LogP contribution in [0.15, 0.2) is 41.5 Å². The summed E-state index contributed by atoms with van der Waals surface area (Å²) in [5.74, 6) is 0. The van der Waals surface area contributed by atoms with E-state index in [0.29, 0.717) is 5.15 Å². The maximum atomic E-state index is 13.4. The van der Waals surface area contributed by atoms with Gasteiger partial charge in [-0.15, -0.1) is 0 Å². The first-order valence-corrected chi connectivity index (χ1v) is 11.1. The predicted octanol–water partition coefficient (Wildman–Crippen LogP) is 4.37. The summed E-state index contributed by atoms with van der Waals surface area (Å²) in [6.07, 6.45) is 3.51. The van der Waals surface area contributed by atoms with Crippen molar-refractivity contribution in [2.45, 2.75) is 20.8 Å². The summed E-state index contributed by atoms with van der Waals surface area (Å²) in [5.41, 5.74) is 7.42. The average molecular weight is 462 g/mol. The summed E-state index contributed by atoms with van der Waals surface area (Å²) in [6.45, 7) is 6.65. The minimum absolute atomic E-state index is 0.133. The fourth-order valence-electron chi connectivity index (χ4n) is 4.39. The van der Waals surface area contributed by atoms with E-state index in [9.17, 15) is 4.79 Å². The summed E-state index contributed by atoms with van der Waals surface area (Å²) in [7, 11) is 3.65. The second-order valence-electron chi connectivity index (χ2n) is 8.14. The molecule has 5 rings (SSSR count). The number of hydrogen-bond acceptors (Lipinski definition) is 5. The molecule has 9 heteroatoms. The summed E-state index contributed by atoms with van der Waals surface area (Å²) in [4.78, 5) is 22.3. The lowest BCUT2D eigenvalue weighted by atomic mass is 10.0. The number of fused-ring (bicyclic) bond motifs is 3. The molecule has 168 valence electrons. The summed E-state index contributed by atoms with van der Waals surface area (Å²) in [5, 5.41) is 9.09. The largest absolute Gasteiger partial charge is 0.383 e. The summed E-state index contributed by atoms with van der Waals surface area (Å²) >= 11 is 6.24. The number of pyridine rings is 2. The molecule has 0 amide bonds. The van der Waals surface area contributed by atoms with Crippen molar-refractivity contribution in [3.63, 3.8) is 0 Å². The Morgan fingerprint density at radius 1 is 1.06 bits per heavy atom. The van der Waals surface area contributed by atoms with Crippen molar-refractivity contribution in [3.05, 3.63) is 63.7 Å².